The number of benzene rings is 2. The molecule has 0 aliphatic rings. The molecule has 0 atom stereocenters. The van der Waals surface area contributed by atoms with Crippen LogP contribution in [0.5, 0.6) is 0 Å². The number of nitrogens with one attached hydrogen (secondary N) is 1. The lowest BCUT2D eigenvalue weighted by molar-refractivity contribution is 0.563. The third kappa shape index (κ3) is 30.0. The first-order valence-electron chi connectivity index (χ1n) is 17.0. The summed E-state index contributed by atoms with van der Waals surface area (Å²) in [5, 5.41) is 3.16. The third-order valence-corrected chi connectivity index (χ3v) is 8.64. The fraction of sp³-hybridized carbons (Fsp3) is 0.676. The summed E-state index contributed by atoms with van der Waals surface area (Å²) >= 11 is 6.19. The van der Waals surface area contributed by atoms with E-state index in [-0.39, 0.29) is 0 Å². The summed E-state index contributed by atoms with van der Waals surface area (Å²) in [6, 6.07) is 18.2. The summed E-state index contributed by atoms with van der Waals surface area (Å²) in [6.07, 6.45) is 28.4. The zero-order valence-electron chi connectivity index (χ0n) is 27.2. The summed E-state index contributed by atoms with van der Waals surface area (Å²) < 4.78 is 0. The molecule has 0 saturated heterocycles. The second-order valence-electron chi connectivity index (χ2n) is 11.1. The molecule has 41 heavy (non-hydrogen) atoms. The minimum Gasteiger partial charge on any atom is -0.399 e. The molecule has 0 heterocycles. The highest BCUT2D eigenvalue weighted by Gasteiger charge is 1.96. The molecule has 236 valence electrons. The average molecular weight is 603 g/mol. The zero-order valence-corrected chi connectivity index (χ0v) is 28.9. The SMILES string of the molecule is CCCCCCCCCCCCS.CCCCCCCCCCCCSc1ccc(NC)cc1.Nc1ccccc1. The molecule has 0 radical (unpaired) electrons. The van der Waals surface area contributed by atoms with Crippen LogP contribution in [0.3, 0.4) is 0 Å². The molecular weight excluding hydrogens is 537 g/mol. The van der Waals surface area contributed by atoms with Gasteiger partial charge in [0.15, 0.2) is 0 Å². The Bertz CT molecular complexity index is 726. The van der Waals surface area contributed by atoms with Crippen LogP contribution >= 0.6 is 24.4 Å². The lowest BCUT2D eigenvalue weighted by Crippen LogP contribution is -1.87. The minimum absolute atomic E-state index is 0.822. The van der Waals surface area contributed by atoms with E-state index in [0.29, 0.717) is 0 Å². The molecule has 2 nitrogen and oxygen atoms in total. The Balaban J connectivity index is 0.000000674. The monoisotopic (exact) mass is 602 g/mol. The maximum atomic E-state index is 5.36. The molecule has 2 aromatic rings. The molecule has 2 aromatic carbocycles. The fourth-order valence-electron chi connectivity index (χ4n) is 4.55. The molecule has 0 aliphatic heterocycles. The number of nitrogens with two attached hydrogens (primary N) is 1. The second kappa shape index (κ2) is 33.2. The van der Waals surface area contributed by atoms with Crippen molar-refractivity contribution in [2.24, 2.45) is 0 Å². The van der Waals surface area contributed by atoms with Gasteiger partial charge in [-0.2, -0.15) is 12.6 Å². The van der Waals surface area contributed by atoms with E-state index in [1.807, 2.05) is 49.1 Å². The summed E-state index contributed by atoms with van der Waals surface area (Å²) in [4.78, 5) is 1.39. The van der Waals surface area contributed by atoms with Gasteiger partial charge in [-0.05, 0) is 60.7 Å². The quantitative estimate of drug-likeness (QED) is 0.0512. The summed E-state index contributed by atoms with van der Waals surface area (Å²) in [5.74, 6) is 2.33. The molecule has 0 amide bonds. The first kappa shape index (κ1) is 39.7. The number of thiol groups is 1. The van der Waals surface area contributed by atoms with E-state index in [1.165, 1.54) is 145 Å². The molecule has 0 aromatic heterocycles. The van der Waals surface area contributed by atoms with Gasteiger partial charge >= 0.3 is 0 Å². The largest absolute Gasteiger partial charge is 0.399 e. The molecule has 2 rings (SSSR count). The van der Waals surface area contributed by atoms with Crippen LogP contribution in [0.2, 0.25) is 0 Å². The maximum Gasteiger partial charge on any atom is 0.0338 e. The van der Waals surface area contributed by atoms with E-state index >= 15 is 0 Å². The molecule has 0 saturated carbocycles. The van der Waals surface area contributed by atoms with Crippen molar-refractivity contribution in [2.45, 2.75) is 147 Å². The minimum atomic E-state index is 0.822. The summed E-state index contributed by atoms with van der Waals surface area (Å²) in [6.45, 7) is 4.56. The summed E-state index contributed by atoms with van der Waals surface area (Å²) in [7, 11) is 1.96. The van der Waals surface area contributed by atoms with Crippen molar-refractivity contribution in [1.82, 2.24) is 0 Å². The van der Waals surface area contributed by atoms with Gasteiger partial charge in [-0.25, -0.2) is 0 Å². The van der Waals surface area contributed by atoms with E-state index in [0.717, 1.165) is 11.4 Å². The van der Waals surface area contributed by atoms with Crippen molar-refractivity contribution in [1.29, 1.82) is 0 Å². The van der Waals surface area contributed by atoms with E-state index < -0.39 is 0 Å². The van der Waals surface area contributed by atoms with Crippen molar-refractivity contribution < 1.29 is 0 Å². The Kier molecular flexibility index (Phi) is 32.2. The fourth-order valence-corrected chi connectivity index (χ4v) is 5.69. The topological polar surface area (TPSA) is 38.0 Å². The number of nitrogen functional groups attached to an aromatic ring is 1. The van der Waals surface area contributed by atoms with E-state index in [1.54, 1.807) is 0 Å². The number of para-hydroxylation sites is 1. The Morgan fingerprint density at radius 1 is 0.561 bits per heavy atom. The predicted molar refractivity (Wildman–Crippen MR) is 195 cm³/mol. The zero-order chi connectivity index (χ0) is 30.1. The standard InChI is InChI=1S/C19H33NS.C12H26S.C6H7N/c1-3-4-5-6-7-8-9-10-11-12-17-21-19-15-13-18(20-2)14-16-19;1-2-3-4-5-6-7-8-9-10-11-12-13;7-6-4-2-1-3-5-6/h13-16,20H,3-12,17H2,1-2H3;13H,2-12H2,1H3;1-5H,7H2. The van der Waals surface area contributed by atoms with Crippen LogP contribution in [-0.2, 0) is 0 Å². The highest BCUT2D eigenvalue weighted by atomic mass is 32.2. The van der Waals surface area contributed by atoms with Crippen molar-refractivity contribution in [2.75, 3.05) is 29.6 Å². The second-order valence-corrected chi connectivity index (χ2v) is 12.7. The first-order chi connectivity index (χ1) is 20.2. The number of unbranched alkanes of at least 4 members (excludes halogenated alkanes) is 18. The van der Waals surface area contributed by atoms with E-state index in [9.17, 15) is 0 Å². The van der Waals surface area contributed by atoms with E-state index in [2.05, 4.69) is 56.1 Å². The van der Waals surface area contributed by atoms with Crippen molar-refractivity contribution in [3.63, 3.8) is 0 Å². The van der Waals surface area contributed by atoms with Crippen LogP contribution in [0.4, 0.5) is 11.4 Å². The lowest BCUT2D eigenvalue weighted by atomic mass is 10.1. The molecule has 0 spiro atoms. The van der Waals surface area contributed by atoms with Crippen LogP contribution in [0.25, 0.3) is 0 Å². The maximum absolute atomic E-state index is 5.36. The van der Waals surface area contributed by atoms with Crippen LogP contribution < -0.4 is 11.1 Å². The predicted octanol–water partition coefficient (Wildman–Crippen LogP) is 12.8. The lowest BCUT2D eigenvalue weighted by Gasteiger charge is -2.04. The molecule has 0 aliphatic carbocycles. The van der Waals surface area contributed by atoms with Crippen molar-refractivity contribution in [3.8, 4) is 0 Å². The number of hydrogen-bond acceptors (Lipinski definition) is 4. The molecule has 3 N–H and O–H groups in total. The number of rotatable bonds is 23. The number of thioether (sulfide) groups is 1. The Morgan fingerprint density at radius 3 is 1.34 bits per heavy atom. The smallest absolute Gasteiger partial charge is 0.0338 e. The van der Waals surface area contributed by atoms with Gasteiger partial charge in [0.2, 0.25) is 0 Å². The Hall–Kier alpha value is -1.26. The van der Waals surface area contributed by atoms with Gasteiger partial charge in [0.25, 0.3) is 0 Å². The van der Waals surface area contributed by atoms with Crippen LogP contribution in [0.1, 0.15) is 142 Å². The number of hydrogen-bond donors (Lipinski definition) is 3. The van der Waals surface area contributed by atoms with Gasteiger partial charge in [0, 0.05) is 23.3 Å². The average Bonchev–Trinajstić information content (AvgIpc) is 3.00. The molecular formula is C37H66N2S2. The van der Waals surface area contributed by atoms with Gasteiger partial charge in [-0.3, -0.25) is 0 Å². The van der Waals surface area contributed by atoms with Crippen molar-refractivity contribution >= 4 is 35.8 Å². The molecule has 0 bridgehead atoms. The highest BCUT2D eigenvalue weighted by molar-refractivity contribution is 7.99. The van der Waals surface area contributed by atoms with Crippen LogP contribution in [-0.4, -0.2) is 18.6 Å². The van der Waals surface area contributed by atoms with Crippen LogP contribution in [0.15, 0.2) is 59.5 Å². The third-order valence-electron chi connectivity index (χ3n) is 7.22. The van der Waals surface area contributed by atoms with Gasteiger partial charge < -0.3 is 11.1 Å². The molecule has 0 unspecified atom stereocenters. The Morgan fingerprint density at radius 2 is 0.976 bits per heavy atom. The normalized spacial score (nSPS) is 10.3. The molecule has 4 heteroatoms. The summed E-state index contributed by atoms with van der Waals surface area (Å²) in [5.41, 5.74) is 7.37. The highest BCUT2D eigenvalue weighted by Crippen LogP contribution is 2.22. The van der Waals surface area contributed by atoms with E-state index in [4.69, 9.17) is 5.73 Å². The number of anilines is 2. The van der Waals surface area contributed by atoms with Crippen LogP contribution in [0, 0.1) is 0 Å². The van der Waals surface area contributed by atoms with Gasteiger partial charge in [-0.1, -0.05) is 148 Å². The van der Waals surface area contributed by atoms with Gasteiger partial charge in [0.05, 0.1) is 0 Å². The molecule has 0 fully saturated rings. The van der Waals surface area contributed by atoms with Gasteiger partial charge in [0.1, 0.15) is 0 Å². The van der Waals surface area contributed by atoms with Gasteiger partial charge in [-0.15, -0.1) is 11.8 Å². The Labute approximate surface area is 266 Å². The van der Waals surface area contributed by atoms with Crippen molar-refractivity contribution in [3.05, 3.63) is 54.6 Å². The first-order valence-corrected chi connectivity index (χ1v) is 18.6.